The van der Waals surface area contributed by atoms with E-state index in [0.29, 0.717) is 17.9 Å². The predicted molar refractivity (Wildman–Crippen MR) is 99.1 cm³/mol. The molecule has 0 aliphatic heterocycles. The molecular formula is C20H25N3O3. The lowest BCUT2D eigenvalue weighted by Gasteiger charge is -2.36. The molecule has 0 spiro atoms. The van der Waals surface area contributed by atoms with Crippen LogP contribution in [-0.2, 0) is 17.6 Å². The summed E-state index contributed by atoms with van der Waals surface area (Å²) in [5.74, 6) is 0.0388. The lowest BCUT2D eigenvalue weighted by molar-refractivity contribution is -0.120. The van der Waals surface area contributed by atoms with Crippen molar-refractivity contribution in [3.8, 4) is 0 Å². The van der Waals surface area contributed by atoms with Crippen molar-refractivity contribution >= 4 is 11.8 Å². The third-order valence-electron chi connectivity index (χ3n) is 5.23. The minimum Gasteiger partial charge on any atom is -0.469 e. The maximum atomic E-state index is 12.2. The highest BCUT2D eigenvalue weighted by Gasteiger charge is 2.39. The molecule has 3 rings (SSSR count). The number of rotatable bonds is 6. The van der Waals surface area contributed by atoms with E-state index in [2.05, 4.69) is 39.8 Å². The molecule has 138 valence electrons. The van der Waals surface area contributed by atoms with Crippen molar-refractivity contribution in [1.82, 2.24) is 15.5 Å². The van der Waals surface area contributed by atoms with Crippen molar-refractivity contribution in [2.24, 2.45) is 0 Å². The first-order chi connectivity index (χ1) is 12.4. The zero-order chi connectivity index (χ0) is 18.7. The lowest BCUT2D eigenvalue weighted by Crippen LogP contribution is -2.54. The Labute approximate surface area is 153 Å². The Morgan fingerprint density at radius 3 is 2.31 bits per heavy atom. The third kappa shape index (κ3) is 3.65. The van der Waals surface area contributed by atoms with Crippen molar-refractivity contribution in [2.75, 3.05) is 27.2 Å². The Morgan fingerprint density at radius 2 is 1.77 bits per heavy atom. The molecule has 6 heteroatoms. The van der Waals surface area contributed by atoms with Gasteiger partial charge >= 0.3 is 0 Å². The topological polar surface area (TPSA) is 74.6 Å². The Morgan fingerprint density at radius 1 is 1.12 bits per heavy atom. The minimum atomic E-state index is -0.304. The van der Waals surface area contributed by atoms with Gasteiger partial charge in [0.1, 0.15) is 5.76 Å². The summed E-state index contributed by atoms with van der Waals surface area (Å²) in [5.41, 5.74) is 2.98. The first-order valence-corrected chi connectivity index (χ1v) is 8.74. The molecule has 6 nitrogen and oxygen atoms in total. The summed E-state index contributed by atoms with van der Waals surface area (Å²) in [6.07, 6.45) is 3.26. The highest BCUT2D eigenvalue weighted by molar-refractivity contribution is 5.97. The Hall–Kier alpha value is -2.60. The van der Waals surface area contributed by atoms with Crippen LogP contribution in [-0.4, -0.2) is 49.4 Å². The van der Waals surface area contributed by atoms with Crippen molar-refractivity contribution in [2.45, 2.75) is 25.3 Å². The number of nitrogens with zero attached hydrogens (tertiary/aromatic N) is 1. The number of carbonyl (C=O) groups excluding carboxylic acids is 2. The van der Waals surface area contributed by atoms with Gasteiger partial charge in [0.2, 0.25) is 5.91 Å². The highest BCUT2D eigenvalue weighted by atomic mass is 16.3. The van der Waals surface area contributed by atoms with Crippen molar-refractivity contribution in [1.29, 1.82) is 0 Å². The quantitative estimate of drug-likeness (QED) is 0.824. The largest absolute Gasteiger partial charge is 0.469 e. The number of amides is 2. The van der Waals surface area contributed by atoms with Gasteiger partial charge in [0.25, 0.3) is 5.91 Å². The smallest absolute Gasteiger partial charge is 0.255 e. The zero-order valence-electron chi connectivity index (χ0n) is 15.5. The van der Waals surface area contributed by atoms with Gasteiger partial charge in [-0.25, -0.2) is 0 Å². The summed E-state index contributed by atoms with van der Waals surface area (Å²) < 4.78 is 5.11. The Balaban J connectivity index is 1.55. The number of carbonyl (C=O) groups is 2. The molecule has 0 bridgehead atoms. The van der Waals surface area contributed by atoms with E-state index in [0.717, 1.165) is 12.8 Å². The molecule has 1 aliphatic rings. The van der Waals surface area contributed by atoms with Crippen molar-refractivity contribution in [3.05, 3.63) is 59.0 Å². The molecule has 1 aromatic heterocycles. The number of likely N-dealkylation sites (N-methyl/N-ethyl adjacent to an activating group) is 1. The van der Waals surface area contributed by atoms with Gasteiger partial charge in [-0.15, -0.1) is 0 Å². The second kappa shape index (κ2) is 7.33. The van der Waals surface area contributed by atoms with E-state index in [-0.39, 0.29) is 23.9 Å². The number of furan rings is 1. The summed E-state index contributed by atoms with van der Waals surface area (Å²) in [6, 6.07) is 10.00. The van der Waals surface area contributed by atoms with Gasteiger partial charge in [0.15, 0.2) is 0 Å². The molecule has 0 radical (unpaired) electrons. The minimum absolute atomic E-state index is 0.0556. The Kier molecular flexibility index (Phi) is 5.13. The van der Waals surface area contributed by atoms with Crippen LogP contribution < -0.4 is 10.6 Å². The first kappa shape index (κ1) is 18.2. The number of hydrogen-bond acceptors (Lipinski definition) is 4. The molecule has 1 aromatic carbocycles. The van der Waals surface area contributed by atoms with Crippen LogP contribution in [0.4, 0.5) is 0 Å². The average molecular weight is 355 g/mol. The molecule has 2 aromatic rings. The standard InChI is InChI=1S/C20H25N3O3/c1-14-17(8-9-26-14)19(25)21-12-18(24)22-13-20(23(2)3)10-15-6-4-5-7-16(15)11-20/h4-9H,10-13H2,1-3H3,(H,21,25)(H,22,24). The van der Waals surface area contributed by atoms with E-state index in [1.807, 2.05) is 14.1 Å². The van der Waals surface area contributed by atoms with Crippen LogP contribution >= 0.6 is 0 Å². The molecular weight excluding hydrogens is 330 g/mol. The number of nitrogens with one attached hydrogen (secondary N) is 2. The maximum Gasteiger partial charge on any atom is 0.255 e. The van der Waals surface area contributed by atoms with Gasteiger partial charge in [-0.2, -0.15) is 0 Å². The summed E-state index contributed by atoms with van der Waals surface area (Å²) in [4.78, 5) is 26.5. The van der Waals surface area contributed by atoms with Gasteiger partial charge in [0.05, 0.1) is 18.4 Å². The summed E-state index contributed by atoms with van der Waals surface area (Å²) >= 11 is 0. The maximum absolute atomic E-state index is 12.2. The van der Waals surface area contributed by atoms with Crippen LogP contribution in [0.2, 0.25) is 0 Å². The number of aryl methyl sites for hydroxylation is 1. The van der Waals surface area contributed by atoms with E-state index in [1.165, 1.54) is 17.4 Å². The fourth-order valence-electron chi connectivity index (χ4n) is 3.48. The average Bonchev–Trinajstić information content (AvgIpc) is 3.21. The van der Waals surface area contributed by atoms with Gasteiger partial charge in [-0.1, -0.05) is 24.3 Å². The van der Waals surface area contributed by atoms with Gasteiger partial charge in [-0.05, 0) is 51.1 Å². The van der Waals surface area contributed by atoms with Crippen molar-refractivity contribution < 1.29 is 14.0 Å². The molecule has 0 unspecified atom stereocenters. The van der Waals surface area contributed by atoms with Crippen LogP contribution in [0.3, 0.4) is 0 Å². The van der Waals surface area contributed by atoms with Crippen molar-refractivity contribution in [3.63, 3.8) is 0 Å². The molecule has 1 aliphatic carbocycles. The van der Waals surface area contributed by atoms with Gasteiger partial charge in [0, 0.05) is 12.1 Å². The fourth-order valence-corrected chi connectivity index (χ4v) is 3.48. The molecule has 2 N–H and O–H groups in total. The van der Waals surface area contributed by atoms with Crippen LogP contribution in [0.1, 0.15) is 27.2 Å². The molecule has 1 heterocycles. The summed E-state index contributed by atoms with van der Waals surface area (Å²) in [7, 11) is 4.09. The number of benzene rings is 1. The second-order valence-electron chi connectivity index (χ2n) is 7.09. The van der Waals surface area contributed by atoms with E-state index in [9.17, 15) is 9.59 Å². The fraction of sp³-hybridized carbons (Fsp3) is 0.400. The molecule has 0 saturated carbocycles. The van der Waals surface area contributed by atoms with Crippen LogP contribution in [0.15, 0.2) is 41.0 Å². The van der Waals surface area contributed by atoms with Crippen LogP contribution in [0, 0.1) is 6.92 Å². The van der Waals surface area contributed by atoms with E-state index >= 15 is 0 Å². The van der Waals surface area contributed by atoms with E-state index < -0.39 is 0 Å². The van der Waals surface area contributed by atoms with E-state index in [1.54, 1.807) is 13.0 Å². The van der Waals surface area contributed by atoms with Crippen LogP contribution in [0.5, 0.6) is 0 Å². The summed E-state index contributed by atoms with van der Waals surface area (Å²) in [5, 5.41) is 5.61. The normalized spacial score (nSPS) is 14.9. The van der Waals surface area contributed by atoms with E-state index in [4.69, 9.17) is 4.42 Å². The molecule has 2 amide bonds. The first-order valence-electron chi connectivity index (χ1n) is 8.74. The number of fused-ring (bicyclic) bond motifs is 1. The predicted octanol–water partition coefficient (Wildman–Crippen LogP) is 1.53. The van der Waals surface area contributed by atoms with Crippen LogP contribution in [0.25, 0.3) is 0 Å². The highest BCUT2D eigenvalue weighted by Crippen LogP contribution is 2.32. The SMILES string of the molecule is Cc1occc1C(=O)NCC(=O)NCC1(N(C)C)Cc2ccccc2C1. The molecule has 0 fully saturated rings. The monoisotopic (exact) mass is 355 g/mol. The van der Waals surface area contributed by atoms with Gasteiger partial charge < -0.3 is 20.0 Å². The Bertz CT molecular complexity index is 785. The zero-order valence-corrected chi connectivity index (χ0v) is 15.5. The third-order valence-corrected chi connectivity index (χ3v) is 5.23. The molecule has 26 heavy (non-hydrogen) atoms. The lowest BCUT2D eigenvalue weighted by atomic mass is 9.94. The molecule has 0 saturated heterocycles. The second-order valence-corrected chi connectivity index (χ2v) is 7.09. The number of hydrogen-bond donors (Lipinski definition) is 2. The summed E-state index contributed by atoms with van der Waals surface area (Å²) in [6.45, 7) is 2.20. The molecule has 0 atom stereocenters. The van der Waals surface area contributed by atoms with Gasteiger partial charge in [-0.3, -0.25) is 9.59 Å².